The van der Waals surface area contributed by atoms with Crippen LogP contribution in [-0.4, -0.2) is 31.1 Å². The van der Waals surface area contributed by atoms with Gasteiger partial charge >= 0.3 is 0 Å². The van der Waals surface area contributed by atoms with Gasteiger partial charge in [0.25, 0.3) is 0 Å². The number of nitrogens with zero attached hydrogens (tertiary/aromatic N) is 1. The van der Waals surface area contributed by atoms with Gasteiger partial charge in [0, 0.05) is 22.4 Å². The van der Waals surface area contributed by atoms with E-state index in [-0.39, 0.29) is 0 Å². The van der Waals surface area contributed by atoms with Crippen molar-refractivity contribution in [3.05, 3.63) is 19.2 Å². The van der Waals surface area contributed by atoms with Crippen molar-refractivity contribution in [2.24, 2.45) is 5.92 Å². The molecule has 0 amide bonds. The van der Waals surface area contributed by atoms with Gasteiger partial charge < -0.3 is 5.32 Å². The van der Waals surface area contributed by atoms with E-state index in [2.05, 4.69) is 55.1 Å². The fourth-order valence-electron chi connectivity index (χ4n) is 2.67. The van der Waals surface area contributed by atoms with Crippen LogP contribution in [0.5, 0.6) is 0 Å². The van der Waals surface area contributed by atoms with Crippen molar-refractivity contribution in [1.29, 1.82) is 0 Å². The van der Waals surface area contributed by atoms with E-state index in [1.807, 2.05) is 11.3 Å². The van der Waals surface area contributed by atoms with Gasteiger partial charge in [0.15, 0.2) is 0 Å². The van der Waals surface area contributed by atoms with Crippen LogP contribution in [0.15, 0.2) is 14.3 Å². The van der Waals surface area contributed by atoms with Crippen LogP contribution >= 0.6 is 43.2 Å². The summed E-state index contributed by atoms with van der Waals surface area (Å²) in [6.07, 6.45) is 3.90. The molecule has 1 fully saturated rings. The van der Waals surface area contributed by atoms with Crippen molar-refractivity contribution < 1.29 is 0 Å². The lowest BCUT2D eigenvalue weighted by atomic mass is 9.97. The fourth-order valence-corrected chi connectivity index (χ4v) is 4.89. The van der Waals surface area contributed by atoms with Crippen LogP contribution in [0.1, 0.15) is 31.1 Å². The lowest BCUT2D eigenvalue weighted by Gasteiger charge is -2.29. The average molecular weight is 410 g/mol. The summed E-state index contributed by atoms with van der Waals surface area (Å²) >= 11 is 9.01. The summed E-state index contributed by atoms with van der Waals surface area (Å²) < 4.78 is 2.40. The normalized spacial score (nSPS) is 17.3. The summed E-state index contributed by atoms with van der Waals surface area (Å²) in [5.41, 5.74) is 0. The van der Waals surface area contributed by atoms with Crippen molar-refractivity contribution in [3.63, 3.8) is 0 Å². The molecule has 5 heteroatoms. The molecule has 0 radical (unpaired) electrons. The predicted octanol–water partition coefficient (Wildman–Crippen LogP) is 4.48. The number of piperidine rings is 1. The molecular weight excluding hydrogens is 388 g/mol. The first-order valence-electron chi connectivity index (χ1n) is 7.05. The lowest BCUT2D eigenvalue weighted by molar-refractivity contribution is 0.200. The van der Waals surface area contributed by atoms with Crippen molar-refractivity contribution in [2.45, 2.75) is 32.7 Å². The number of halogens is 2. The van der Waals surface area contributed by atoms with Crippen LogP contribution in [0.4, 0.5) is 0 Å². The van der Waals surface area contributed by atoms with E-state index in [0.717, 1.165) is 12.5 Å². The van der Waals surface area contributed by atoms with Gasteiger partial charge in [0.2, 0.25) is 0 Å². The molecule has 1 aromatic rings. The molecule has 0 spiro atoms. The van der Waals surface area contributed by atoms with Crippen molar-refractivity contribution in [3.8, 4) is 0 Å². The second kappa shape index (κ2) is 8.13. The Balaban J connectivity index is 1.91. The molecule has 0 saturated carbocycles. The standard InChI is InChI=1S/C14H22Br2N2S/c1-2-7-18(9-11-3-5-17-6-4-11)10-12-8-13(15)14(16)19-12/h8,11,17H,2-7,9-10H2,1H3. The molecule has 2 heterocycles. The van der Waals surface area contributed by atoms with Crippen LogP contribution in [0.2, 0.25) is 0 Å². The second-order valence-electron chi connectivity index (χ2n) is 5.26. The van der Waals surface area contributed by atoms with Gasteiger partial charge in [-0.1, -0.05) is 6.92 Å². The molecule has 1 aliphatic rings. The van der Waals surface area contributed by atoms with Gasteiger partial charge in [0.05, 0.1) is 3.79 Å². The molecule has 1 aliphatic heterocycles. The van der Waals surface area contributed by atoms with E-state index in [0.29, 0.717) is 0 Å². The number of nitrogens with one attached hydrogen (secondary N) is 1. The Labute approximate surface area is 137 Å². The van der Waals surface area contributed by atoms with Gasteiger partial charge in [-0.3, -0.25) is 4.90 Å². The first kappa shape index (κ1) is 16.0. The Morgan fingerprint density at radius 2 is 2.11 bits per heavy atom. The van der Waals surface area contributed by atoms with Crippen LogP contribution in [0, 0.1) is 5.92 Å². The van der Waals surface area contributed by atoms with Crippen molar-refractivity contribution in [1.82, 2.24) is 10.2 Å². The molecule has 2 rings (SSSR count). The van der Waals surface area contributed by atoms with E-state index in [4.69, 9.17) is 0 Å². The van der Waals surface area contributed by atoms with Crippen molar-refractivity contribution in [2.75, 3.05) is 26.2 Å². The van der Waals surface area contributed by atoms with Gasteiger partial charge in [-0.05, 0) is 82.7 Å². The molecule has 0 unspecified atom stereocenters. The summed E-state index contributed by atoms with van der Waals surface area (Å²) in [5, 5.41) is 3.45. The third-order valence-electron chi connectivity index (χ3n) is 3.59. The Kier molecular flexibility index (Phi) is 6.83. The zero-order valence-electron chi connectivity index (χ0n) is 11.4. The maximum absolute atomic E-state index is 3.59. The maximum Gasteiger partial charge on any atom is 0.0843 e. The highest BCUT2D eigenvalue weighted by Gasteiger charge is 2.17. The summed E-state index contributed by atoms with van der Waals surface area (Å²) in [7, 11) is 0. The molecule has 1 aromatic heterocycles. The first-order chi connectivity index (χ1) is 9.19. The molecule has 0 atom stereocenters. The number of hydrogen-bond acceptors (Lipinski definition) is 3. The SMILES string of the molecule is CCCN(Cc1cc(Br)c(Br)s1)CC1CCNCC1. The molecule has 0 bridgehead atoms. The molecule has 0 aliphatic carbocycles. The van der Waals surface area contributed by atoms with Crippen LogP contribution < -0.4 is 5.32 Å². The molecule has 1 saturated heterocycles. The lowest BCUT2D eigenvalue weighted by Crippen LogP contribution is -2.36. The molecule has 2 nitrogen and oxygen atoms in total. The van der Waals surface area contributed by atoms with Crippen LogP contribution in [-0.2, 0) is 6.54 Å². The van der Waals surface area contributed by atoms with Gasteiger partial charge in [-0.2, -0.15) is 0 Å². The highest BCUT2D eigenvalue weighted by Crippen LogP contribution is 2.33. The zero-order valence-corrected chi connectivity index (χ0v) is 15.4. The minimum Gasteiger partial charge on any atom is -0.317 e. The van der Waals surface area contributed by atoms with E-state index in [1.165, 1.54) is 58.6 Å². The summed E-state index contributed by atoms with van der Waals surface area (Å²) in [5.74, 6) is 0.875. The molecular formula is C14H22Br2N2S. The number of thiophene rings is 1. The van der Waals surface area contributed by atoms with Crippen LogP contribution in [0.25, 0.3) is 0 Å². The number of hydrogen-bond donors (Lipinski definition) is 1. The Morgan fingerprint density at radius 1 is 1.37 bits per heavy atom. The largest absolute Gasteiger partial charge is 0.317 e. The quantitative estimate of drug-likeness (QED) is 0.744. The number of rotatable bonds is 6. The highest BCUT2D eigenvalue weighted by atomic mass is 79.9. The predicted molar refractivity (Wildman–Crippen MR) is 90.9 cm³/mol. The van der Waals surface area contributed by atoms with E-state index >= 15 is 0 Å². The first-order valence-corrected chi connectivity index (χ1v) is 9.46. The second-order valence-corrected chi connectivity index (χ2v) is 8.57. The third-order valence-corrected chi connectivity index (χ3v) is 6.83. The van der Waals surface area contributed by atoms with Crippen LogP contribution in [0.3, 0.4) is 0 Å². The van der Waals surface area contributed by atoms with E-state index in [1.54, 1.807) is 0 Å². The molecule has 1 N–H and O–H groups in total. The molecule has 108 valence electrons. The third kappa shape index (κ3) is 5.12. The summed E-state index contributed by atoms with van der Waals surface area (Å²) in [6, 6.07) is 2.25. The smallest absolute Gasteiger partial charge is 0.0843 e. The monoisotopic (exact) mass is 408 g/mol. The highest BCUT2D eigenvalue weighted by molar-refractivity contribution is 9.13. The van der Waals surface area contributed by atoms with Gasteiger partial charge in [-0.25, -0.2) is 0 Å². The van der Waals surface area contributed by atoms with E-state index < -0.39 is 0 Å². The van der Waals surface area contributed by atoms with Crippen molar-refractivity contribution >= 4 is 43.2 Å². The topological polar surface area (TPSA) is 15.3 Å². The minimum atomic E-state index is 0.875. The zero-order chi connectivity index (χ0) is 13.7. The Morgan fingerprint density at radius 3 is 2.68 bits per heavy atom. The van der Waals surface area contributed by atoms with Gasteiger partial charge in [-0.15, -0.1) is 11.3 Å². The maximum atomic E-state index is 3.59. The Bertz CT molecular complexity index is 369. The fraction of sp³-hybridized carbons (Fsp3) is 0.714. The minimum absolute atomic E-state index is 0.875. The average Bonchev–Trinajstić information content (AvgIpc) is 2.70. The molecule has 0 aromatic carbocycles. The van der Waals surface area contributed by atoms with Gasteiger partial charge in [0.1, 0.15) is 0 Å². The van der Waals surface area contributed by atoms with E-state index in [9.17, 15) is 0 Å². The Hall–Kier alpha value is 0.580. The summed E-state index contributed by atoms with van der Waals surface area (Å²) in [6.45, 7) is 8.21. The molecule has 19 heavy (non-hydrogen) atoms. The summed E-state index contributed by atoms with van der Waals surface area (Å²) in [4.78, 5) is 4.07.